The normalized spacial score (nSPS) is 14.7. The van der Waals surface area contributed by atoms with Gasteiger partial charge in [-0.2, -0.15) is 4.31 Å². The number of morpholine rings is 1. The Bertz CT molecular complexity index is 1250. The maximum atomic E-state index is 13.1. The van der Waals surface area contributed by atoms with E-state index in [1.165, 1.54) is 16.4 Å². The first-order valence-corrected chi connectivity index (χ1v) is 13.0. The zero-order valence-corrected chi connectivity index (χ0v) is 20.6. The number of nitrogens with one attached hydrogen (secondary N) is 1. The highest BCUT2D eigenvalue weighted by atomic mass is 32.2. The first-order valence-electron chi connectivity index (χ1n) is 11.5. The number of hydrogen-bond donors (Lipinski definition) is 1. The van der Waals surface area contributed by atoms with Gasteiger partial charge in [0.1, 0.15) is 5.75 Å². The van der Waals surface area contributed by atoms with Crippen LogP contribution in [0.2, 0.25) is 0 Å². The van der Waals surface area contributed by atoms with Crippen molar-refractivity contribution in [1.29, 1.82) is 0 Å². The minimum atomic E-state index is -3.72. The van der Waals surface area contributed by atoms with E-state index in [9.17, 15) is 13.2 Å². The van der Waals surface area contributed by atoms with E-state index in [0.29, 0.717) is 42.7 Å². The molecule has 10 heteroatoms. The summed E-state index contributed by atoms with van der Waals surface area (Å²) in [6.07, 6.45) is 1.88. The van der Waals surface area contributed by atoms with E-state index in [-0.39, 0.29) is 36.4 Å². The Balaban J connectivity index is 1.47. The summed E-state index contributed by atoms with van der Waals surface area (Å²) in [7, 11) is -3.72. The highest BCUT2D eigenvalue weighted by molar-refractivity contribution is 7.89. The van der Waals surface area contributed by atoms with E-state index < -0.39 is 10.0 Å². The average molecular weight is 500 g/mol. The molecular weight excluding hydrogens is 470 g/mol. The predicted molar refractivity (Wildman–Crippen MR) is 131 cm³/mol. The first kappa shape index (κ1) is 24.9. The summed E-state index contributed by atoms with van der Waals surface area (Å²) in [5, 5.41) is 2.80. The summed E-state index contributed by atoms with van der Waals surface area (Å²) in [6, 6.07) is 14.1. The first-order chi connectivity index (χ1) is 16.8. The SMILES string of the molecule is CC(C)Oc1ccc(S(=O)(=O)N2CCOCC2)cc1NC(=O)CCc1ncc(-c2ccccc2)o1. The van der Waals surface area contributed by atoms with Gasteiger partial charge in [-0.3, -0.25) is 4.79 Å². The maximum Gasteiger partial charge on any atom is 0.243 e. The Hall–Kier alpha value is -3.21. The molecule has 3 aromatic rings. The lowest BCUT2D eigenvalue weighted by Gasteiger charge is -2.26. The average Bonchev–Trinajstić information content (AvgIpc) is 3.34. The lowest BCUT2D eigenvalue weighted by Crippen LogP contribution is -2.40. The van der Waals surface area contributed by atoms with Crippen molar-refractivity contribution in [2.24, 2.45) is 0 Å². The second-order valence-corrected chi connectivity index (χ2v) is 10.3. The number of benzene rings is 2. The lowest BCUT2D eigenvalue weighted by molar-refractivity contribution is -0.116. The Labute approximate surface area is 205 Å². The number of rotatable bonds is 9. The van der Waals surface area contributed by atoms with Crippen molar-refractivity contribution in [1.82, 2.24) is 9.29 Å². The molecule has 1 aliphatic heterocycles. The number of carbonyl (C=O) groups is 1. The monoisotopic (exact) mass is 499 g/mol. The molecule has 2 aromatic carbocycles. The second-order valence-electron chi connectivity index (χ2n) is 8.37. The van der Waals surface area contributed by atoms with Crippen molar-refractivity contribution >= 4 is 21.6 Å². The molecule has 35 heavy (non-hydrogen) atoms. The van der Waals surface area contributed by atoms with Crippen molar-refractivity contribution in [3.8, 4) is 17.1 Å². The van der Waals surface area contributed by atoms with Gasteiger partial charge in [0, 0.05) is 31.5 Å². The molecule has 0 unspecified atom stereocenters. The Morgan fingerprint density at radius 3 is 2.60 bits per heavy atom. The minimum absolute atomic E-state index is 0.0889. The van der Waals surface area contributed by atoms with Gasteiger partial charge >= 0.3 is 0 Å². The largest absolute Gasteiger partial charge is 0.489 e. The van der Waals surface area contributed by atoms with Crippen LogP contribution in [0.25, 0.3) is 11.3 Å². The summed E-state index contributed by atoms with van der Waals surface area (Å²) in [6.45, 7) is 4.99. The van der Waals surface area contributed by atoms with Gasteiger partial charge in [-0.1, -0.05) is 30.3 Å². The van der Waals surface area contributed by atoms with Crippen LogP contribution in [-0.2, 0) is 26.0 Å². The molecule has 1 aromatic heterocycles. The highest BCUT2D eigenvalue weighted by Crippen LogP contribution is 2.30. The number of aryl methyl sites for hydroxylation is 1. The summed E-state index contributed by atoms with van der Waals surface area (Å²) in [5.41, 5.74) is 1.21. The minimum Gasteiger partial charge on any atom is -0.489 e. The molecule has 0 saturated carbocycles. The fourth-order valence-electron chi connectivity index (χ4n) is 3.65. The Morgan fingerprint density at radius 2 is 1.89 bits per heavy atom. The zero-order valence-electron chi connectivity index (χ0n) is 19.8. The summed E-state index contributed by atoms with van der Waals surface area (Å²) >= 11 is 0. The third-order valence-corrected chi connectivity index (χ3v) is 7.27. The molecule has 1 amide bonds. The van der Waals surface area contributed by atoms with Crippen molar-refractivity contribution in [2.45, 2.75) is 37.7 Å². The molecule has 0 radical (unpaired) electrons. The van der Waals surface area contributed by atoms with Crippen LogP contribution in [0.1, 0.15) is 26.2 Å². The van der Waals surface area contributed by atoms with Gasteiger partial charge < -0.3 is 19.2 Å². The number of hydrogen-bond acceptors (Lipinski definition) is 7. The van der Waals surface area contributed by atoms with Crippen LogP contribution in [0.5, 0.6) is 5.75 Å². The van der Waals surface area contributed by atoms with Crippen LogP contribution in [0.4, 0.5) is 5.69 Å². The van der Waals surface area contributed by atoms with Gasteiger partial charge in [0.05, 0.1) is 36.1 Å². The standard InChI is InChI=1S/C25H29N3O6S/c1-18(2)33-22-9-8-20(35(30,31)28-12-14-32-15-13-28)16-21(22)27-24(29)10-11-25-26-17-23(34-25)19-6-4-3-5-7-19/h3-9,16-18H,10-15H2,1-2H3,(H,27,29). The predicted octanol–water partition coefficient (Wildman–Crippen LogP) is 3.72. The quantitative estimate of drug-likeness (QED) is 0.478. The fraction of sp³-hybridized carbons (Fsp3) is 0.360. The molecule has 2 heterocycles. The van der Waals surface area contributed by atoms with Crippen LogP contribution >= 0.6 is 0 Å². The van der Waals surface area contributed by atoms with E-state index in [0.717, 1.165) is 5.56 Å². The molecule has 0 aliphatic carbocycles. The lowest BCUT2D eigenvalue weighted by atomic mass is 10.2. The molecular formula is C25H29N3O6S. The van der Waals surface area contributed by atoms with Crippen molar-refractivity contribution in [2.75, 3.05) is 31.6 Å². The van der Waals surface area contributed by atoms with Gasteiger partial charge in [-0.25, -0.2) is 13.4 Å². The highest BCUT2D eigenvalue weighted by Gasteiger charge is 2.27. The maximum absolute atomic E-state index is 13.1. The summed E-state index contributed by atoms with van der Waals surface area (Å²) in [4.78, 5) is 17.1. The Kier molecular flexibility index (Phi) is 7.84. The van der Waals surface area contributed by atoms with Crippen LogP contribution in [0.3, 0.4) is 0 Å². The molecule has 0 atom stereocenters. The number of nitrogens with zero attached hydrogens (tertiary/aromatic N) is 2. The number of amides is 1. The summed E-state index contributed by atoms with van der Waals surface area (Å²) in [5.74, 6) is 1.17. The number of anilines is 1. The van der Waals surface area contributed by atoms with E-state index in [2.05, 4.69) is 10.3 Å². The van der Waals surface area contributed by atoms with Crippen LogP contribution in [-0.4, -0.2) is 56.0 Å². The van der Waals surface area contributed by atoms with Crippen LogP contribution in [0, 0.1) is 0 Å². The second kappa shape index (κ2) is 11.0. The molecule has 1 aliphatic rings. The Morgan fingerprint density at radius 1 is 1.14 bits per heavy atom. The molecule has 4 rings (SSSR count). The van der Waals surface area contributed by atoms with E-state index >= 15 is 0 Å². The van der Waals surface area contributed by atoms with Crippen molar-refractivity contribution < 1.29 is 27.1 Å². The number of sulfonamides is 1. The van der Waals surface area contributed by atoms with Gasteiger partial charge in [0.25, 0.3) is 0 Å². The topological polar surface area (TPSA) is 111 Å². The third-order valence-electron chi connectivity index (χ3n) is 5.37. The molecule has 186 valence electrons. The molecule has 1 fully saturated rings. The van der Waals surface area contributed by atoms with Gasteiger partial charge in [0.15, 0.2) is 11.7 Å². The van der Waals surface area contributed by atoms with Crippen LogP contribution in [0.15, 0.2) is 64.0 Å². The number of aromatic nitrogens is 1. The molecule has 9 nitrogen and oxygen atoms in total. The van der Waals surface area contributed by atoms with Crippen molar-refractivity contribution in [3.63, 3.8) is 0 Å². The summed E-state index contributed by atoms with van der Waals surface area (Å²) < 4.78 is 44.4. The van der Waals surface area contributed by atoms with E-state index in [1.807, 2.05) is 44.2 Å². The number of carbonyl (C=O) groups excluding carboxylic acids is 1. The van der Waals surface area contributed by atoms with Crippen molar-refractivity contribution in [3.05, 3.63) is 60.6 Å². The van der Waals surface area contributed by atoms with Gasteiger partial charge in [-0.05, 0) is 32.0 Å². The number of ether oxygens (including phenoxy) is 2. The van der Waals surface area contributed by atoms with Gasteiger partial charge in [0.2, 0.25) is 15.9 Å². The third kappa shape index (κ3) is 6.27. The molecule has 0 bridgehead atoms. The molecule has 0 spiro atoms. The smallest absolute Gasteiger partial charge is 0.243 e. The van der Waals surface area contributed by atoms with Crippen LogP contribution < -0.4 is 10.1 Å². The van der Waals surface area contributed by atoms with Gasteiger partial charge in [-0.15, -0.1) is 0 Å². The molecule has 1 saturated heterocycles. The van der Waals surface area contributed by atoms with E-state index in [4.69, 9.17) is 13.9 Å². The fourth-order valence-corrected chi connectivity index (χ4v) is 5.09. The zero-order chi connectivity index (χ0) is 24.8. The molecule has 1 N–H and O–H groups in total. The number of oxazole rings is 1. The van der Waals surface area contributed by atoms with E-state index in [1.54, 1.807) is 12.3 Å².